The lowest BCUT2D eigenvalue weighted by atomic mass is 10.2. The van der Waals surface area contributed by atoms with Gasteiger partial charge in [-0.05, 0) is 42.5 Å². The first-order valence-corrected chi connectivity index (χ1v) is 10.2. The molecule has 11 heteroatoms. The molecule has 8 nitrogen and oxygen atoms in total. The second kappa shape index (κ2) is 8.57. The van der Waals surface area contributed by atoms with Gasteiger partial charge in [-0.1, -0.05) is 11.6 Å². The van der Waals surface area contributed by atoms with Crippen molar-refractivity contribution in [1.29, 1.82) is 0 Å². The fourth-order valence-corrected chi connectivity index (χ4v) is 4.03. The number of hydrogen-bond donors (Lipinski definition) is 3. The number of nitrogens with zero attached hydrogens (tertiary/aromatic N) is 3. The zero-order valence-corrected chi connectivity index (χ0v) is 17.5. The predicted molar refractivity (Wildman–Crippen MR) is 120 cm³/mol. The van der Waals surface area contributed by atoms with Crippen molar-refractivity contribution in [3.8, 4) is 22.8 Å². The lowest BCUT2D eigenvalue weighted by molar-refractivity contribution is -0.384. The minimum Gasteiger partial charge on any atom is -0.345 e. The molecular formula is C19H13ClN6O2S2. The Balaban J connectivity index is 0.000000145. The van der Waals surface area contributed by atoms with Gasteiger partial charge in [-0.15, -0.1) is 11.3 Å². The van der Waals surface area contributed by atoms with Gasteiger partial charge in [0.05, 0.1) is 15.1 Å². The molecule has 3 aromatic heterocycles. The molecule has 0 atom stereocenters. The summed E-state index contributed by atoms with van der Waals surface area (Å²) < 4.78 is 1.98. The van der Waals surface area contributed by atoms with E-state index in [-0.39, 0.29) is 10.7 Å². The fourth-order valence-electron chi connectivity index (χ4n) is 2.75. The first-order valence-electron chi connectivity index (χ1n) is 8.57. The second-order valence-electron chi connectivity index (χ2n) is 6.02. The van der Waals surface area contributed by atoms with Crippen LogP contribution in [-0.4, -0.2) is 29.8 Å². The van der Waals surface area contributed by atoms with Crippen LogP contribution in [0.1, 0.15) is 0 Å². The summed E-state index contributed by atoms with van der Waals surface area (Å²) in [5, 5.41) is 10.8. The molecule has 0 spiro atoms. The van der Waals surface area contributed by atoms with Crippen LogP contribution in [0.5, 0.6) is 0 Å². The van der Waals surface area contributed by atoms with Crippen molar-refractivity contribution in [3.63, 3.8) is 0 Å². The van der Waals surface area contributed by atoms with Crippen LogP contribution in [0.15, 0.2) is 61.2 Å². The number of rotatable bonds is 3. The summed E-state index contributed by atoms with van der Waals surface area (Å²) in [7, 11) is 0. The lowest BCUT2D eigenvalue weighted by Crippen LogP contribution is -1.90. The number of thiazole rings is 1. The van der Waals surface area contributed by atoms with Crippen molar-refractivity contribution >= 4 is 51.1 Å². The average Bonchev–Trinajstić information content (AvgIpc) is 3.49. The van der Waals surface area contributed by atoms with Gasteiger partial charge in [0.2, 0.25) is 0 Å². The van der Waals surface area contributed by atoms with Gasteiger partial charge < -0.3 is 15.0 Å². The van der Waals surface area contributed by atoms with Crippen LogP contribution in [0.3, 0.4) is 0 Å². The highest BCUT2D eigenvalue weighted by Crippen LogP contribution is 2.28. The van der Waals surface area contributed by atoms with Crippen molar-refractivity contribution in [2.75, 3.05) is 0 Å². The Morgan fingerprint density at radius 1 is 1.00 bits per heavy atom. The quantitative estimate of drug-likeness (QED) is 0.175. The van der Waals surface area contributed by atoms with Gasteiger partial charge >= 0.3 is 0 Å². The standard InChI is InChI=1S/C10H7N3S2.C9H6ClN3O2/c14-10-13-7-5-6(1-2-8(7)15-10)9-11-3-4-12-9;10-7-2-1-6(5-8(7)13(14)15)9-11-3-4-12-9/h1-5H,(H,11,12)(H,13,14);1-5H,(H,11,12). The maximum absolute atomic E-state index is 10.6. The number of nitrogens with one attached hydrogen (secondary N) is 3. The molecule has 0 aliphatic rings. The fraction of sp³-hybridized carbons (Fsp3) is 0. The third-order valence-corrected chi connectivity index (χ3v) is 5.64. The van der Waals surface area contributed by atoms with E-state index in [9.17, 15) is 10.1 Å². The van der Waals surface area contributed by atoms with E-state index in [0.29, 0.717) is 11.4 Å². The Hall–Kier alpha value is -3.34. The number of aromatic nitrogens is 5. The zero-order chi connectivity index (χ0) is 21.1. The number of hydrogen-bond acceptors (Lipinski definition) is 6. The van der Waals surface area contributed by atoms with Crippen LogP contribution >= 0.6 is 35.2 Å². The van der Waals surface area contributed by atoms with Gasteiger partial charge in [-0.2, -0.15) is 0 Å². The molecule has 0 unspecified atom stereocenters. The van der Waals surface area contributed by atoms with Gasteiger partial charge in [0.1, 0.15) is 16.7 Å². The maximum atomic E-state index is 10.6. The number of aromatic amines is 3. The summed E-state index contributed by atoms with van der Waals surface area (Å²) in [6, 6.07) is 10.7. The normalized spacial score (nSPS) is 10.6. The minimum atomic E-state index is -0.519. The maximum Gasteiger partial charge on any atom is 0.288 e. The third-order valence-electron chi connectivity index (χ3n) is 4.11. The van der Waals surface area contributed by atoms with Crippen LogP contribution in [0, 0.1) is 14.1 Å². The molecule has 0 bridgehead atoms. The number of H-pyrrole nitrogens is 3. The van der Waals surface area contributed by atoms with E-state index in [1.807, 2.05) is 12.3 Å². The van der Waals surface area contributed by atoms with Crippen molar-refractivity contribution in [1.82, 2.24) is 24.9 Å². The monoisotopic (exact) mass is 456 g/mol. The molecule has 5 rings (SSSR count). The van der Waals surface area contributed by atoms with Gasteiger partial charge in [0, 0.05) is 42.0 Å². The molecule has 0 amide bonds. The van der Waals surface area contributed by atoms with E-state index in [1.54, 1.807) is 36.0 Å². The van der Waals surface area contributed by atoms with Crippen LogP contribution in [0.2, 0.25) is 5.02 Å². The highest BCUT2D eigenvalue weighted by Gasteiger charge is 2.14. The molecule has 3 N–H and O–H groups in total. The minimum absolute atomic E-state index is 0.120. The molecule has 150 valence electrons. The predicted octanol–water partition coefficient (Wildman–Crippen LogP) is 5.99. The highest BCUT2D eigenvalue weighted by atomic mass is 35.5. The van der Waals surface area contributed by atoms with E-state index in [2.05, 4.69) is 37.1 Å². The van der Waals surface area contributed by atoms with Crippen LogP contribution < -0.4 is 0 Å². The second-order valence-corrected chi connectivity index (χ2v) is 8.15. The number of fused-ring (bicyclic) bond motifs is 1. The van der Waals surface area contributed by atoms with Gasteiger partial charge in [0.15, 0.2) is 3.95 Å². The number of halogens is 1. The Morgan fingerprint density at radius 3 is 2.23 bits per heavy atom. The SMILES string of the molecule is O=[N+]([O-])c1cc(-c2ncc[nH]2)ccc1Cl.S=c1[nH]c2cc(-c3ncc[nH]3)ccc2s1. The Kier molecular flexibility index (Phi) is 5.70. The largest absolute Gasteiger partial charge is 0.345 e. The van der Waals surface area contributed by atoms with Crippen molar-refractivity contribution in [2.24, 2.45) is 0 Å². The summed E-state index contributed by atoms with van der Waals surface area (Å²) in [6.45, 7) is 0. The molecule has 30 heavy (non-hydrogen) atoms. The van der Waals surface area contributed by atoms with Crippen LogP contribution in [0.25, 0.3) is 33.0 Å². The molecule has 0 radical (unpaired) electrons. The van der Waals surface area contributed by atoms with E-state index in [1.165, 1.54) is 16.8 Å². The highest BCUT2D eigenvalue weighted by molar-refractivity contribution is 7.73. The molecule has 0 saturated carbocycles. The van der Waals surface area contributed by atoms with E-state index >= 15 is 0 Å². The van der Waals surface area contributed by atoms with E-state index < -0.39 is 4.92 Å². The average molecular weight is 457 g/mol. The molecule has 0 aliphatic carbocycles. The molecule has 2 aromatic carbocycles. The van der Waals surface area contributed by atoms with Crippen molar-refractivity contribution in [2.45, 2.75) is 0 Å². The van der Waals surface area contributed by atoms with E-state index in [0.717, 1.165) is 20.9 Å². The van der Waals surface area contributed by atoms with Gasteiger partial charge in [-0.3, -0.25) is 10.1 Å². The van der Waals surface area contributed by atoms with Crippen molar-refractivity contribution < 1.29 is 4.92 Å². The van der Waals surface area contributed by atoms with E-state index in [4.69, 9.17) is 23.8 Å². The third kappa shape index (κ3) is 4.30. The number of nitro groups is 1. The molecular weight excluding hydrogens is 444 g/mol. The van der Waals surface area contributed by atoms with Crippen LogP contribution in [0.4, 0.5) is 5.69 Å². The van der Waals surface area contributed by atoms with Gasteiger partial charge in [-0.25, -0.2) is 9.97 Å². The lowest BCUT2D eigenvalue weighted by Gasteiger charge is -1.98. The summed E-state index contributed by atoms with van der Waals surface area (Å²) in [4.78, 5) is 27.4. The summed E-state index contributed by atoms with van der Waals surface area (Å²) in [5.74, 6) is 1.46. The number of imidazole rings is 2. The molecule has 0 saturated heterocycles. The number of benzene rings is 2. The van der Waals surface area contributed by atoms with Crippen molar-refractivity contribution in [3.05, 3.63) is 80.3 Å². The molecule has 5 aromatic rings. The molecule has 3 heterocycles. The smallest absolute Gasteiger partial charge is 0.288 e. The summed E-state index contributed by atoms with van der Waals surface area (Å²) >= 11 is 12.4. The van der Waals surface area contributed by atoms with Crippen LogP contribution in [-0.2, 0) is 0 Å². The Bertz CT molecular complexity index is 1360. The molecule has 0 fully saturated rings. The Morgan fingerprint density at radius 2 is 1.63 bits per heavy atom. The topological polar surface area (TPSA) is 116 Å². The van der Waals surface area contributed by atoms with Gasteiger partial charge in [0.25, 0.3) is 5.69 Å². The summed E-state index contributed by atoms with van der Waals surface area (Å²) in [6.07, 6.45) is 6.79. The first-order chi connectivity index (χ1) is 14.5. The summed E-state index contributed by atoms with van der Waals surface area (Å²) in [5.41, 5.74) is 2.65. The Labute approximate surface area is 183 Å². The first kappa shape index (κ1) is 20.0. The molecule has 0 aliphatic heterocycles. The number of nitro benzene ring substituents is 1. The zero-order valence-electron chi connectivity index (χ0n) is 15.1.